The number of carbonyl (C=O) groups is 1. The number of aromatic amines is 1. The maximum atomic E-state index is 13.1. The van der Waals surface area contributed by atoms with Crippen LogP contribution in [0.2, 0.25) is 0 Å². The molecule has 4 fully saturated rings. The molecule has 148 valence electrons. The van der Waals surface area contributed by atoms with Gasteiger partial charge in [0.15, 0.2) is 0 Å². The minimum atomic E-state index is -0.127. The molecule has 5 heteroatoms. The summed E-state index contributed by atoms with van der Waals surface area (Å²) >= 11 is 0. The lowest BCUT2D eigenvalue weighted by Gasteiger charge is -2.55. The molecule has 1 heterocycles. The molecule has 1 amide bonds. The van der Waals surface area contributed by atoms with Gasteiger partial charge in [-0.05, 0) is 87.0 Å². The fourth-order valence-corrected chi connectivity index (χ4v) is 6.43. The summed E-state index contributed by atoms with van der Waals surface area (Å²) in [4.78, 5) is 28.4. The van der Waals surface area contributed by atoms with E-state index in [1.807, 2.05) is 24.3 Å². The smallest absolute Gasteiger partial charge is 0.251 e. The summed E-state index contributed by atoms with van der Waals surface area (Å²) in [6.45, 7) is 0.513. The number of hydrogen-bond acceptors (Lipinski definition) is 3. The van der Waals surface area contributed by atoms with Crippen molar-refractivity contribution in [2.45, 2.75) is 44.9 Å². The fraction of sp³-hybridized carbons (Fsp3) is 0.565. The van der Waals surface area contributed by atoms with E-state index in [0.29, 0.717) is 18.5 Å². The third kappa shape index (κ3) is 3.01. The van der Waals surface area contributed by atoms with Gasteiger partial charge < -0.3 is 15.0 Å². The van der Waals surface area contributed by atoms with E-state index in [9.17, 15) is 9.59 Å². The molecule has 1 aromatic carbocycles. The summed E-state index contributed by atoms with van der Waals surface area (Å²) in [5.74, 6) is 3.27. The van der Waals surface area contributed by atoms with E-state index < -0.39 is 0 Å². The van der Waals surface area contributed by atoms with Crippen LogP contribution in [0, 0.1) is 23.2 Å². The van der Waals surface area contributed by atoms with Crippen molar-refractivity contribution in [1.29, 1.82) is 0 Å². The van der Waals surface area contributed by atoms with E-state index in [1.165, 1.54) is 19.3 Å². The number of methoxy groups -OCH3 is 1. The Kier molecular flexibility index (Phi) is 4.22. The van der Waals surface area contributed by atoms with Crippen LogP contribution in [0.4, 0.5) is 0 Å². The molecule has 4 aliphatic carbocycles. The number of fused-ring (bicyclic) bond motifs is 1. The summed E-state index contributed by atoms with van der Waals surface area (Å²) in [7, 11) is 1.63. The molecule has 5 nitrogen and oxygen atoms in total. The maximum Gasteiger partial charge on any atom is 0.251 e. The van der Waals surface area contributed by atoms with E-state index in [4.69, 9.17) is 4.74 Å². The molecule has 4 aliphatic rings. The summed E-state index contributed by atoms with van der Waals surface area (Å²) in [6.07, 6.45) is 7.76. The van der Waals surface area contributed by atoms with Crippen molar-refractivity contribution in [3.8, 4) is 5.75 Å². The molecular weight excluding hydrogens is 352 g/mol. The Morgan fingerprint density at radius 3 is 2.46 bits per heavy atom. The lowest BCUT2D eigenvalue weighted by molar-refractivity contribution is -0.146. The average Bonchev–Trinajstić information content (AvgIpc) is 2.67. The van der Waals surface area contributed by atoms with Crippen LogP contribution in [0.15, 0.2) is 29.1 Å². The average molecular weight is 380 g/mol. The first-order valence-corrected chi connectivity index (χ1v) is 10.5. The van der Waals surface area contributed by atoms with Gasteiger partial charge in [-0.25, -0.2) is 0 Å². The Labute approximate surface area is 164 Å². The molecule has 0 radical (unpaired) electrons. The number of hydrogen-bond donors (Lipinski definition) is 2. The van der Waals surface area contributed by atoms with Gasteiger partial charge in [-0.15, -0.1) is 0 Å². The molecular formula is C23H28N2O3. The van der Waals surface area contributed by atoms with E-state index >= 15 is 0 Å². The number of nitrogens with one attached hydrogen (secondary N) is 2. The summed E-state index contributed by atoms with van der Waals surface area (Å²) in [6, 6.07) is 7.52. The van der Waals surface area contributed by atoms with Crippen molar-refractivity contribution in [2.75, 3.05) is 13.7 Å². The quantitative estimate of drug-likeness (QED) is 0.835. The van der Waals surface area contributed by atoms with Crippen molar-refractivity contribution in [1.82, 2.24) is 10.3 Å². The van der Waals surface area contributed by atoms with Crippen LogP contribution >= 0.6 is 0 Å². The molecule has 4 bridgehead atoms. The third-order valence-corrected chi connectivity index (χ3v) is 7.33. The first-order chi connectivity index (χ1) is 13.5. The number of carbonyl (C=O) groups excluding carboxylic acids is 1. The van der Waals surface area contributed by atoms with Gasteiger partial charge in [0.2, 0.25) is 5.91 Å². The number of aromatic nitrogens is 1. The standard InChI is InChI=1S/C23H28N2O3/c1-28-19-2-3-20-18(10-19)9-17(21(26)25-20)4-5-24-22(27)23-11-14-6-15(12-23)8-16(7-14)13-23/h2-3,9-10,14-16H,4-8,11-13H2,1H3,(H,24,27)(H,25,26). The van der Waals surface area contributed by atoms with Gasteiger partial charge in [-0.1, -0.05) is 0 Å². The molecule has 0 spiro atoms. The molecule has 2 N–H and O–H groups in total. The van der Waals surface area contributed by atoms with Crippen molar-refractivity contribution in [3.63, 3.8) is 0 Å². The number of pyridine rings is 1. The van der Waals surface area contributed by atoms with Gasteiger partial charge in [0, 0.05) is 28.4 Å². The van der Waals surface area contributed by atoms with Gasteiger partial charge in [0.1, 0.15) is 5.75 Å². The predicted octanol–water partition coefficient (Wildman–Crippen LogP) is 3.41. The normalized spacial score (nSPS) is 30.5. The highest BCUT2D eigenvalue weighted by atomic mass is 16.5. The molecule has 2 aromatic rings. The third-order valence-electron chi connectivity index (χ3n) is 7.33. The minimum Gasteiger partial charge on any atom is -0.497 e. The van der Waals surface area contributed by atoms with Crippen LogP contribution in [-0.4, -0.2) is 24.5 Å². The highest BCUT2D eigenvalue weighted by Gasteiger charge is 2.54. The summed E-state index contributed by atoms with van der Waals surface area (Å²) in [5, 5.41) is 4.12. The van der Waals surface area contributed by atoms with Gasteiger partial charge in [0.05, 0.1) is 7.11 Å². The first kappa shape index (κ1) is 17.8. The molecule has 0 unspecified atom stereocenters. The van der Waals surface area contributed by atoms with E-state index in [0.717, 1.165) is 53.7 Å². The van der Waals surface area contributed by atoms with Crippen LogP contribution in [0.3, 0.4) is 0 Å². The number of amides is 1. The summed E-state index contributed by atoms with van der Waals surface area (Å²) < 4.78 is 5.27. The minimum absolute atomic E-state index is 0.0817. The van der Waals surface area contributed by atoms with E-state index in [-0.39, 0.29) is 16.9 Å². The van der Waals surface area contributed by atoms with E-state index in [1.54, 1.807) is 7.11 Å². The monoisotopic (exact) mass is 380 g/mol. The topological polar surface area (TPSA) is 71.2 Å². The van der Waals surface area contributed by atoms with Crippen LogP contribution in [-0.2, 0) is 11.2 Å². The van der Waals surface area contributed by atoms with Crippen molar-refractivity contribution in [2.24, 2.45) is 23.2 Å². The molecule has 28 heavy (non-hydrogen) atoms. The maximum absolute atomic E-state index is 13.1. The molecule has 0 aliphatic heterocycles. The van der Waals surface area contributed by atoms with Crippen LogP contribution < -0.4 is 15.6 Å². The second kappa shape index (κ2) is 6.64. The second-order valence-corrected chi connectivity index (χ2v) is 9.28. The van der Waals surface area contributed by atoms with Crippen LogP contribution in [0.5, 0.6) is 5.75 Å². The summed E-state index contributed by atoms with van der Waals surface area (Å²) in [5.41, 5.74) is 1.29. The zero-order chi connectivity index (χ0) is 19.3. The molecule has 6 rings (SSSR count). The lowest BCUT2D eigenvalue weighted by atomic mass is 9.49. The highest BCUT2D eigenvalue weighted by molar-refractivity contribution is 5.83. The predicted molar refractivity (Wildman–Crippen MR) is 108 cm³/mol. The van der Waals surface area contributed by atoms with Crippen molar-refractivity contribution in [3.05, 3.63) is 40.2 Å². The largest absolute Gasteiger partial charge is 0.497 e. The Balaban J connectivity index is 1.27. The van der Waals surface area contributed by atoms with Gasteiger partial charge in [0.25, 0.3) is 5.56 Å². The number of rotatable bonds is 5. The zero-order valence-electron chi connectivity index (χ0n) is 16.4. The lowest BCUT2D eigenvalue weighted by Crippen LogP contribution is -2.53. The number of benzene rings is 1. The molecule has 0 saturated heterocycles. The highest BCUT2D eigenvalue weighted by Crippen LogP contribution is 2.60. The van der Waals surface area contributed by atoms with Crippen molar-refractivity contribution >= 4 is 16.8 Å². The van der Waals surface area contributed by atoms with Gasteiger partial charge in [-0.3, -0.25) is 9.59 Å². The van der Waals surface area contributed by atoms with Crippen molar-refractivity contribution < 1.29 is 9.53 Å². The second-order valence-electron chi connectivity index (χ2n) is 9.28. The van der Waals surface area contributed by atoms with Crippen LogP contribution in [0.25, 0.3) is 10.9 Å². The number of ether oxygens (including phenoxy) is 1. The number of H-pyrrole nitrogens is 1. The molecule has 0 atom stereocenters. The zero-order valence-corrected chi connectivity index (χ0v) is 16.4. The Morgan fingerprint density at radius 1 is 1.14 bits per heavy atom. The van der Waals surface area contributed by atoms with Crippen LogP contribution in [0.1, 0.15) is 44.1 Å². The molecule has 1 aromatic heterocycles. The Bertz CT molecular complexity index is 942. The fourth-order valence-electron chi connectivity index (χ4n) is 6.43. The van der Waals surface area contributed by atoms with E-state index in [2.05, 4.69) is 10.3 Å². The Morgan fingerprint density at radius 2 is 1.82 bits per heavy atom. The Hall–Kier alpha value is -2.30. The first-order valence-electron chi connectivity index (χ1n) is 10.5. The van der Waals surface area contributed by atoms with Gasteiger partial charge >= 0.3 is 0 Å². The molecule has 4 saturated carbocycles. The SMILES string of the molecule is COc1ccc2[nH]c(=O)c(CCNC(=O)C34CC5CC(CC(C5)C3)C4)cc2c1. The van der Waals surface area contributed by atoms with Gasteiger partial charge in [-0.2, -0.15) is 0 Å².